The molecule has 1 amide bonds. The lowest BCUT2D eigenvalue weighted by molar-refractivity contribution is -0.124. The first kappa shape index (κ1) is 15.7. The number of carboxylic acid groups (broad SMARTS) is 1. The molecule has 1 heterocycles. The number of amides is 1. The van der Waals surface area contributed by atoms with E-state index in [4.69, 9.17) is 0 Å². The van der Waals surface area contributed by atoms with Gasteiger partial charge in [-0.15, -0.1) is 11.3 Å². The van der Waals surface area contributed by atoms with E-state index in [0.717, 1.165) is 29.7 Å². The molecule has 0 atom stereocenters. The summed E-state index contributed by atoms with van der Waals surface area (Å²) < 4.78 is 0. The van der Waals surface area contributed by atoms with Crippen molar-refractivity contribution in [3.05, 3.63) is 41.3 Å². The summed E-state index contributed by atoms with van der Waals surface area (Å²) in [6.45, 7) is 2.38. The van der Waals surface area contributed by atoms with Crippen molar-refractivity contribution in [3.8, 4) is 10.4 Å². The highest BCUT2D eigenvalue weighted by atomic mass is 32.1. The second kappa shape index (κ2) is 6.54. The van der Waals surface area contributed by atoms with Crippen molar-refractivity contribution in [2.24, 2.45) is 5.92 Å². The number of hydrogen-bond acceptors (Lipinski definition) is 3. The van der Waals surface area contributed by atoms with E-state index in [1.807, 2.05) is 43.3 Å². The van der Waals surface area contributed by atoms with E-state index in [1.54, 1.807) is 4.90 Å². The molecule has 23 heavy (non-hydrogen) atoms. The molecule has 1 N–H and O–H groups in total. The first-order valence-electron chi connectivity index (χ1n) is 7.85. The van der Waals surface area contributed by atoms with Gasteiger partial charge in [0.1, 0.15) is 4.88 Å². The number of carbonyl (C=O) groups excluding carboxylic acids is 1. The molecule has 1 aliphatic carbocycles. The Kier molecular flexibility index (Phi) is 4.48. The minimum atomic E-state index is -0.980. The van der Waals surface area contributed by atoms with Gasteiger partial charge in [-0.3, -0.25) is 4.79 Å². The number of anilines is 1. The molecule has 1 aliphatic rings. The van der Waals surface area contributed by atoms with Crippen LogP contribution in [0.4, 0.5) is 5.69 Å². The lowest BCUT2D eigenvalue weighted by Crippen LogP contribution is -2.39. The summed E-state index contributed by atoms with van der Waals surface area (Å²) in [5.41, 5.74) is 1.50. The summed E-state index contributed by atoms with van der Waals surface area (Å²) in [5.74, 6) is -0.873. The van der Waals surface area contributed by atoms with Gasteiger partial charge in [0.2, 0.25) is 5.91 Å². The minimum absolute atomic E-state index is 0.0525. The Morgan fingerprint density at radius 1 is 1.26 bits per heavy atom. The predicted molar refractivity (Wildman–Crippen MR) is 92.1 cm³/mol. The molecule has 3 rings (SSSR count). The number of hydrogen-bond donors (Lipinski definition) is 1. The highest BCUT2D eigenvalue weighted by Gasteiger charge is 2.32. The molecule has 0 aliphatic heterocycles. The molecule has 0 saturated heterocycles. The Balaban J connectivity index is 2.00. The number of carboxylic acids is 1. The highest BCUT2D eigenvalue weighted by molar-refractivity contribution is 7.18. The van der Waals surface area contributed by atoms with Crippen molar-refractivity contribution in [1.29, 1.82) is 0 Å². The summed E-state index contributed by atoms with van der Waals surface area (Å²) in [4.78, 5) is 27.0. The second-order valence-corrected chi connectivity index (χ2v) is 6.76. The van der Waals surface area contributed by atoms with Gasteiger partial charge in [-0.05, 0) is 31.4 Å². The fourth-order valence-corrected chi connectivity index (χ4v) is 3.81. The van der Waals surface area contributed by atoms with Crippen LogP contribution in [0.25, 0.3) is 10.4 Å². The van der Waals surface area contributed by atoms with Crippen LogP contribution in [0, 0.1) is 5.92 Å². The molecule has 0 unspecified atom stereocenters. The van der Waals surface area contributed by atoms with Gasteiger partial charge in [-0.1, -0.05) is 36.8 Å². The van der Waals surface area contributed by atoms with Gasteiger partial charge in [-0.2, -0.15) is 0 Å². The number of nitrogens with zero attached hydrogens (tertiary/aromatic N) is 1. The number of aromatic carboxylic acids is 1. The minimum Gasteiger partial charge on any atom is -0.477 e. The van der Waals surface area contributed by atoms with Gasteiger partial charge < -0.3 is 10.0 Å². The molecule has 5 heteroatoms. The van der Waals surface area contributed by atoms with Gasteiger partial charge in [0.15, 0.2) is 0 Å². The summed E-state index contributed by atoms with van der Waals surface area (Å²) in [6, 6.07) is 11.5. The van der Waals surface area contributed by atoms with E-state index in [2.05, 4.69) is 0 Å². The Hall–Kier alpha value is -2.14. The summed E-state index contributed by atoms with van der Waals surface area (Å²) in [7, 11) is 0. The SMILES string of the molecule is CCN(C(=O)C1CCC1)c1cc(-c2ccccc2)sc1C(=O)O. The Morgan fingerprint density at radius 2 is 1.96 bits per heavy atom. The molecule has 0 spiro atoms. The standard InChI is InChI=1S/C18H19NO3S/c1-2-19(17(20)13-9-6-10-13)14-11-15(23-16(14)18(21)22)12-7-4-3-5-8-12/h3-5,7-8,11,13H,2,6,9-10H2,1H3,(H,21,22). The molecule has 120 valence electrons. The van der Waals surface area contributed by atoms with E-state index < -0.39 is 5.97 Å². The maximum atomic E-state index is 12.6. The van der Waals surface area contributed by atoms with E-state index >= 15 is 0 Å². The summed E-state index contributed by atoms with van der Waals surface area (Å²) in [6.07, 6.45) is 2.90. The van der Waals surface area contributed by atoms with Crippen molar-refractivity contribution in [1.82, 2.24) is 0 Å². The first-order chi connectivity index (χ1) is 11.1. The van der Waals surface area contributed by atoms with Gasteiger partial charge in [0, 0.05) is 17.3 Å². The zero-order chi connectivity index (χ0) is 16.4. The van der Waals surface area contributed by atoms with E-state index in [0.29, 0.717) is 12.2 Å². The normalized spacial score (nSPS) is 14.3. The topological polar surface area (TPSA) is 57.6 Å². The second-order valence-electron chi connectivity index (χ2n) is 5.71. The third-order valence-electron chi connectivity index (χ3n) is 4.29. The van der Waals surface area contributed by atoms with Crippen molar-refractivity contribution in [2.45, 2.75) is 26.2 Å². The van der Waals surface area contributed by atoms with E-state index in [1.165, 1.54) is 11.3 Å². The first-order valence-corrected chi connectivity index (χ1v) is 8.67. The van der Waals surface area contributed by atoms with Gasteiger partial charge >= 0.3 is 5.97 Å². The van der Waals surface area contributed by atoms with Crippen molar-refractivity contribution in [2.75, 3.05) is 11.4 Å². The molecule has 0 bridgehead atoms. The molecule has 4 nitrogen and oxygen atoms in total. The van der Waals surface area contributed by atoms with Crippen LogP contribution >= 0.6 is 11.3 Å². The largest absolute Gasteiger partial charge is 0.477 e. The van der Waals surface area contributed by atoms with Crippen molar-refractivity contribution < 1.29 is 14.7 Å². The maximum absolute atomic E-state index is 12.6. The van der Waals surface area contributed by atoms with Crippen LogP contribution in [0.5, 0.6) is 0 Å². The number of benzene rings is 1. The summed E-state index contributed by atoms with van der Waals surface area (Å²) in [5, 5.41) is 9.53. The van der Waals surface area contributed by atoms with Crippen LogP contribution in [0.2, 0.25) is 0 Å². The van der Waals surface area contributed by atoms with Crippen LogP contribution < -0.4 is 4.90 Å². The van der Waals surface area contributed by atoms with Crippen LogP contribution in [0.15, 0.2) is 36.4 Å². The zero-order valence-corrected chi connectivity index (χ0v) is 13.8. The lowest BCUT2D eigenvalue weighted by Gasteiger charge is -2.30. The fraction of sp³-hybridized carbons (Fsp3) is 0.333. The average molecular weight is 329 g/mol. The average Bonchev–Trinajstić information content (AvgIpc) is 2.92. The van der Waals surface area contributed by atoms with E-state index in [9.17, 15) is 14.7 Å². The highest BCUT2D eigenvalue weighted by Crippen LogP contribution is 2.38. The third kappa shape index (κ3) is 3.01. The van der Waals surface area contributed by atoms with Gasteiger partial charge in [0.05, 0.1) is 5.69 Å². The molecule has 1 aromatic heterocycles. The Bertz CT molecular complexity index is 719. The van der Waals surface area contributed by atoms with Gasteiger partial charge in [0.25, 0.3) is 0 Å². The Morgan fingerprint density at radius 3 is 2.48 bits per heavy atom. The zero-order valence-electron chi connectivity index (χ0n) is 13.0. The smallest absolute Gasteiger partial charge is 0.348 e. The monoisotopic (exact) mass is 329 g/mol. The fourth-order valence-electron chi connectivity index (χ4n) is 2.80. The Labute approximate surface area is 139 Å². The maximum Gasteiger partial charge on any atom is 0.348 e. The number of thiophene rings is 1. The molecule has 2 aromatic rings. The molecular weight excluding hydrogens is 310 g/mol. The molecular formula is C18H19NO3S. The molecule has 1 aromatic carbocycles. The molecule has 1 saturated carbocycles. The van der Waals surface area contributed by atoms with Crippen molar-refractivity contribution in [3.63, 3.8) is 0 Å². The molecule has 0 radical (unpaired) electrons. The van der Waals surface area contributed by atoms with Gasteiger partial charge in [-0.25, -0.2) is 4.79 Å². The van der Waals surface area contributed by atoms with Crippen LogP contribution in [-0.4, -0.2) is 23.5 Å². The van der Waals surface area contributed by atoms with Crippen LogP contribution in [0.3, 0.4) is 0 Å². The van der Waals surface area contributed by atoms with Crippen LogP contribution in [-0.2, 0) is 4.79 Å². The quantitative estimate of drug-likeness (QED) is 0.891. The lowest BCUT2D eigenvalue weighted by atomic mass is 9.84. The number of rotatable bonds is 5. The third-order valence-corrected chi connectivity index (χ3v) is 5.45. The van der Waals surface area contributed by atoms with Crippen molar-refractivity contribution >= 4 is 28.9 Å². The molecule has 1 fully saturated rings. The van der Waals surface area contributed by atoms with E-state index in [-0.39, 0.29) is 16.7 Å². The summed E-state index contributed by atoms with van der Waals surface area (Å²) >= 11 is 1.23. The number of carbonyl (C=O) groups is 2. The predicted octanol–water partition coefficient (Wildman–Crippen LogP) is 4.27. The van der Waals surface area contributed by atoms with Crippen LogP contribution in [0.1, 0.15) is 35.9 Å².